The number of rotatable bonds is 19. The van der Waals surface area contributed by atoms with Gasteiger partial charge in [0.2, 0.25) is 0 Å². The summed E-state index contributed by atoms with van der Waals surface area (Å²) in [7, 11) is 3.40. The molecule has 178 valence electrons. The molecule has 0 aliphatic rings. The molecule has 6 heteroatoms. The second-order valence-electron chi connectivity index (χ2n) is 9.18. The first-order chi connectivity index (χ1) is 14.3. The Bertz CT molecular complexity index is 437. The van der Waals surface area contributed by atoms with Gasteiger partial charge in [-0.3, -0.25) is 4.48 Å². The SMILES string of the molecule is CCCCCCCCCCCCCCCCCC(=O)OOC(=O)C[N+](C)(C)C(C)O. The molecule has 0 aromatic rings. The molecule has 30 heavy (non-hydrogen) atoms. The number of likely N-dealkylation sites (N-methyl/N-ethyl adjacent to an activating group) is 1. The Hall–Kier alpha value is -1.14. The maximum atomic E-state index is 11.7. The van der Waals surface area contributed by atoms with Crippen LogP contribution in [-0.2, 0) is 19.4 Å². The van der Waals surface area contributed by atoms with Crippen molar-refractivity contribution < 1.29 is 29.0 Å². The van der Waals surface area contributed by atoms with Crippen LogP contribution in [0.4, 0.5) is 0 Å². The zero-order valence-electron chi connectivity index (χ0n) is 20.1. The predicted molar refractivity (Wildman–Crippen MR) is 120 cm³/mol. The van der Waals surface area contributed by atoms with Crippen molar-refractivity contribution in [3.63, 3.8) is 0 Å². The van der Waals surface area contributed by atoms with Crippen molar-refractivity contribution in [2.75, 3.05) is 20.6 Å². The molecule has 0 amide bonds. The molecule has 0 spiro atoms. The van der Waals surface area contributed by atoms with Crippen molar-refractivity contribution in [1.29, 1.82) is 0 Å². The second-order valence-corrected chi connectivity index (χ2v) is 9.18. The van der Waals surface area contributed by atoms with Gasteiger partial charge in [0, 0.05) is 6.92 Å². The molecule has 0 aromatic heterocycles. The molecule has 0 aliphatic heterocycles. The molecule has 0 rings (SSSR count). The third-order valence-corrected chi connectivity index (χ3v) is 5.76. The summed E-state index contributed by atoms with van der Waals surface area (Å²) in [6.45, 7) is 3.79. The van der Waals surface area contributed by atoms with E-state index < -0.39 is 18.2 Å². The summed E-state index contributed by atoms with van der Waals surface area (Å²) >= 11 is 0. The van der Waals surface area contributed by atoms with Gasteiger partial charge in [-0.1, -0.05) is 96.8 Å². The molecule has 1 unspecified atom stereocenters. The summed E-state index contributed by atoms with van der Waals surface area (Å²) in [5.74, 6) is -1.17. The van der Waals surface area contributed by atoms with Crippen LogP contribution in [0.25, 0.3) is 0 Å². The third-order valence-electron chi connectivity index (χ3n) is 5.76. The molecule has 0 saturated heterocycles. The normalized spacial score (nSPS) is 12.6. The van der Waals surface area contributed by atoms with Crippen LogP contribution in [-0.4, -0.2) is 48.4 Å². The van der Waals surface area contributed by atoms with Crippen LogP contribution >= 0.6 is 0 Å². The molecule has 0 aliphatic carbocycles. The number of aliphatic hydroxyl groups is 1. The Morgan fingerprint density at radius 2 is 1.07 bits per heavy atom. The van der Waals surface area contributed by atoms with E-state index in [0.29, 0.717) is 0 Å². The monoisotopic (exact) mass is 430 g/mol. The summed E-state index contributed by atoms with van der Waals surface area (Å²) in [6, 6.07) is 0. The fourth-order valence-corrected chi connectivity index (χ4v) is 3.27. The number of carbonyl (C=O) groups is 2. The zero-order chi connectivity index (χ0) is 22.7. The highest BCUT2D eigenvalue weighted by molar-refractivity contribution is 5.73. The van der Waals surface area contributed by atoms with Gasteiger partial charge in [0.1, 0.15) is 0 Å². The third kappa shape index (κ3) is 17.7. The lowest BCUT2D eigenvalue weighted by Gasteiger charge is -2.30. The van der Waals surface area contributed by atoms with Crippen LogP contribution < -0.4 is 0 Å². The average molecular weight is 431 g/mol. The molecule has 0 radical (unpaired) electrons. The zero-order valence-corrected chi connectivity index (χ0v) is 20.1. The van der Waals surface area contributed by atoms with Gasteiger partial charge in [0.15, 0.2) is 12.8 Å². The van der Waals surface area contributed by atoms with Crippen LogP contribution in [0.15, 0.2) is 0 Å². The molecule has 0 saturated carbocycles. The summed E-state index contributed by atoms with van der Waals surface area (Å²) < 4.78 is 0.0510. The molecular formula is C24H48NO5+. The second kappa shape index (κ2) is 18.6. The first kappa shape index (κ1) is 28.9. The number of carbonyl (C=O) groups excluding carboxylic acids is 2. The molecule has 0 heterocycles. The van der Waals surface area contributed by atoms with E-state index in [1.807, 2.05) is 0 Å². The summed E-state index contributed by atoms with van der Waals surface area (Å²) in [4.78, 5) is 32.4. The van der Waals surface area contributed by atoms with Crippen molar-refractivity contribution in [3.8, 4) is 0 Å². The first-order valence-electron chi connectivity index (χ1n) is 12.2. The lowest BCUT2D eigenvalue weighted by molar-refractivity contribution is -0.928. The highest BCUT2D eigenvalue weighted by Gasteiger charge is 2.27. The van der Waals surface area contributed by atoms with E-state index in [1.54, 1.807) is 21.0 Å². The Morgan fingerprint density at radius 1 is 0.700 bits per heavy atom. The molecular weight excluding hydrogens is 382 g/mol. The smallest absolute Gasteiger partial charge is 0.345 e. The van der Waals surface area contributed by atoms with Crippen LogP contribution in [0, 0.1) is 0 Å². The Balaban J connectivity index is 3.40. The first-order valence-corrected chi connectivity index (χ1v) is 12.2. The fourth-order valence-electron chi connectivity index (χ4n) is 3.27. The lowest BCUT2D eigenvalue weighted by Crippen LogP contribution is -2.50. The van der Waals surface area contributed by atoms with Gasteiger partial charge >= 0.3 is 11.9 Å². The minimum absolute atomic E-state index is 0.0510. The van der Waals surface area contributed by atoms with E-state index in [4.69, 9.17) is 0 Å². The maximum Gasteiger partial charge on any atom is 0.409 e. The quantitative estimate of drug-likeness (QED) is 0.0940. The van der Waals surface area contributed by atoms with Crippen LogP contribution in [0.2, 0.25) is 0 Å². The van der Waals surface area contributed by atoms with Gasteiger partial charge in [-0.15, -0.1) is 0 Å². The van der Waals surface area contributed by atoms with Crippen molar-refractivity contribution in [3.05, 3.63) is 0 Å². The van der Waals surface area contributed by atoms with E-state index in [9.17, 15) is 14.7 Å². The molecule has 6 nitrogen and oxygen atoms in total. The molecule has 0 aromatic carbocycles. The van der Waals surface area contributed by atoms with Crippen molar-refractivity contribution >= 4 is 11.9 Å². The number of hydrogen-bond acceptors (Lipinski definition) is 5. The van der Waals surface area contributed by atoms with Gasteiger partial charge in [0.05, 0.1) is 20.5 Å². The molecule has 1 atom stereocenters. The highest BCUT2D eigenvalue weighted by atomic mass is 17.2. The van der Waals surface area contributed by atoms with Crippen molar-refractivity contribution in [2.24, 2.45) is 0 Å². The summed E-state index contributed by atoms with van der Waals surface area (Å²) in [5.41, 5.74) is 0. The average Bonchev–Trinajstić information content (AvgIpc) is 2.69. The van der Waals surface area contributed by atoms with Gasteiger partial charge in [0.25, 0.3) is 0 Å². The van der Waals surface area contributed by atoms with Gasteiger partial charge in [-0.05, 0) is 6.42 Å². The topological polar surface area (TPSA) is 72.8 Å². The minimum atomic E-state index is -0.714. The lowest BCUT2D eigenvalue weighted by atomic mass is 10.0. The summed E-state index contributed by atoms with van der Waals surface area (Å²) in [6.07, 6.45) is 18.6. The van der Waals surface area contributed by atoms with Crippen LogP contribution in [0.5, 0.6) is 0 Å². The van der Waals surface area contributed by atoms with Gasteiger partial charge < -0.3 is 5.11 Å². The van der Waals surface area contributed by atoms with E-state index in [0.717, 1.165) is 19.3 Å². The van der Waals surface area contributed by atoms with E-state index in [1.165, 1.54) is 77.0 Å². The minimum Gasteiger partial charge on any atom is -0.345 e. The Morgan fingerprint density at radius 3 is 1.47 bits per heavy atom. The number of nitrogens with zero attached hydrogens (tertiary/aromatic N) is 1. The summed E-state index contributed by atoms with van der Waals surface area (Å²) in [5, 5.41) is 9.57. The number of unbranched alkanes of at least 4 members (excludes halogenated alkanes) is 14. The molecule has 0 fully saturated rings. The number of quaternary nitrogens is 1. The van der Waals surface area contributed by atoms with Crippen LogP contribution in [0.3, 0.4) is 0 Å². The Labute approximate surface area is 184 Å². The Kier molecular flexibility index (Phi) is 17.9. The van der Waals surface area contributed by atoms with E-state index >= 15 is 0 Å². The van der Waals surface area contributed by atoms with Gasteiger partial charge in [-0.2, -0.15) is 0 Å². The highest BCUT2D eigenvalue weighted by Crippen LogP contribution is 2.14. The largest absolute Gasteiger partial charge is 0.409 e. The number of hydrogen-bond donors (Lipinski definition) is 1. The van der Waals surface area contributed by atoms with Gasteiger partial charge in [-0.25, -0.2) is 19.4 Å². The molecule has 1 N–H and O–H groups in total. The van der Waals surface area contributed by atoms with Crippen LogP contribution in [0.1, 0.15) is 117 Å². The number of aliphatic hydroxyl groups excluding tert-OH is 1. The standard InChI is InChI=1S/C24H48NO5/c1-5-6-7-8-9-10-11-12-13-14-15-16-17-18-19-20-23(27)29-30-24(28)21-25(3,4)22(2)26/h22,26H,5-21H2,1-4H3/q+1. The maximum absolute atomic E-state index is 11.7. The van der Waals surface area contributed by atoms with Crippen molar-refractivity contribution in [2.45, 2.75) is 123 Å². The van der Waals surface area contributed by atoms with E-state index in [2.05, 4.69) is 16.7 Å². The fraction of sp³-hybridized carbons (Fsp3) is 0.917. The van der Waals surface area contributed by atoms with Crippen molar-refractivity contribution in [1.82, 2.24) is 0 Å². The predicted octanol–water partition coefficient (Wildman–Crippen LogP) is 5.66. The molecule has 0 bridgehead atoms. The van der Waals surface area contributed by atoms with E-state index in [-0.39, 0.29) is 17.4 Å².